The summed E-state index contributed by atoms with van der Waals surface area (Å²) in [7, 11) is 0. The highest BCUT2D eigenvalue weighted by atomic mass is 32.1. The minimum atomic E-state index is -0.217. The summed E-state index contributed by atoms with van der Waals surface area (Å²) < 4.78 is 12.7. The van der Waals surface area contributed by atoms with E-state index in [0.29, 0.717) is 36.5 Å². The molecule has 1 unspecified atom stereocenters. The molecule has 5 rings (SSSR count). The fourth-order valence-corrected chi connectivity index (χ4v) is 5.77. The number of piperidine rings is 1. The molecule has 1 atom stereocenters. The summed E-state index contributed by atoms with van der Waals surface area (Å²) in [5, 5.41) is 4.55. The molecule has 29 heavy (non-hydrogen) atoms. The van der Waals surface area contributed by atoms with Crippen molar-refractivity contribution in [3.8, 4) is 10.4 Å². The number of hydrogen-bond acceptors (Lipinski definition) is 7. The molecule has 0 N–H and O–H groups in total. The van der Waals surface area contributed by atoms with Gasteiger partial charge in [-0.1, -0.05) is 6.07 Å². The lowest BCUT2D eigenvalue weighted by Gasteiger charge is -2.34. The van der Waals surface area contributed by atoms with Crippen LogP contribution in [0.15, 0.2) is 34.0 Å². The molecule has 1 amide bonds. The van der Waals surface area contributed by atoms with E-state index in [9.17, 15) is 9.59 Å². The molecule has 5 heterocycles. The number of ether oxygens (including phenoxy) is 2. The van der Waals surface area contributed by atoms with Crippen LogP contribution in [0.25, 0.3) is 20.7 Å². The van der Waals surface area contributed by atoms with Crippen LogP contribution >= 0.6 is 22.7 Å². The average molecular weight is 432 g/mol. The van der Waals surface area contributed by atoms with Gasteiger partial charge in [0.2, 0.25) is 5.91 Å². The summed E-state index contributed by atoms with van der Waals surface area (Å²) in [6.45, 7) is 2.53. The van der Waals surface area contributed by atoms with E-state index in [1.807, 2.05) is 27.8 Å². The Hall–Kier alpha value is -2.07. The van der Waals surface area contributed by atoms with Gasteiger partial charge in [0.25, 0.3) is 5.56 Å². The highest BCUT2D eigenvalue weighted by molar-refractivity contribution is 7.18. The van der Waals surface area contributed by atoms with E-state index in [-0.39, 0.29) is 30.2 Å². The molecule has 3 aromatic heterocycles. The Kier molecular flexibility index (Phi) is 5.21. The van der Waals surface area contributed by atoms with Crippen LogP contribution in [-0.4, -0.2) is 53.0 Å². The van der Waals surface area contributed by atoms with Crippen LogP contribution in [0.1, 0.15) is 12.8 Å². The van der Waals surface area contributed by atoms with Crippen molar-refractivity contribution in [2.45, 2.75) is 25.7 Å². The SMILES string of the molecule is O=C(Cn1cnc2scc(-c3cccs3)c2c1=O)N1CCCC(C2OCCO2)C1. The van der Waals surface area contributed by atoms with E-state index in [2.05, 4.69) is 4.98 Å². The van der Waals surface area contributed by atoms with Crippen LogP contribution in [0, 0.1) is 5.92 Å². The Morgan fingerprint density at radius 3 is 2.93 bits per heavy atom. The maximum Gasteiger partial charge on any atom is 0.263 e. The zero-order valence-corrected chi connectivity index (χ0v) is 17.4. The van der Waals surface area contributed by atoms with Crippen molar-refractivity contribution in [1.29, 1.82) is 0 Å². The van der Waals surface area contributed by atoms with Gasteiger partial charge in [-0.05, 0) is 24.3 Å². The van der Waals surface area contributed by atoms with Crippen LogP contribution in [0.2, 0.25) is 0 Å². The molecular weight excluding hydrogens is 410 g/mol. The Morgan fingerprint density at radius 2 is 2.14 bits per heavy atom. The molecule has 0 aromatic carbocycles. The first-order valence-electron chi connectivity index (χ1n) is 9.72. The molecule has 2 aliphatic rings. The molecule has 3 aromatic rings. The van der Waals surface area contributed by atoms with E-state index in [1.165, 1.54) is 22.2 Å². The number of thiophene rings is 2. The Balaban J connectivity index is 1.37. The normalized spacial score (nSPS) is 20.6. The van der Waals surface area contributed by atoms with Gasteiger partial charge in [-0.25, -0.2) is 4.98 Å². The topological polar surface area (TPSA) is 73.7 Å². The maximum absolute atomic E-state index is 13.1. The van der Waals surface area contributed by atoms with E-state index >= 15 is 0 Å². The molecule has 0 radical (unpaired) electrons. The number of amides is 1. The molecule has 0 saturated carbocycles. The van der Waals surface area contributed by atoms with Crippen LogP contribution in [-0.2, 0) is 20.8 Å². The van der Waals surface area contributed by atoms with Crippen molar-refractivity contribution in [2.24, 2.45) is 5.92 Å². The van der Waals surface area contributed by atoms with E-state index in [4.69, 9.17) is 9.47 Å². The molecule has 2 saturated heterocycles. The third-order valence-corrected chi connectivity index (χ3v) is 7.29. The lowest BCUT2D eigenvalue weighted by atomic mass is 9.97. The number of hydrogen-bond donors (Lipinski definition) is 0. The van der Waals surface area contributed by atoms with Crippen LogP contribution in [0.5, 0.6) is 0 Å². The number of carbonyl (C=O) groups excluding carboxylic acids is 1. The molecule has 152 valence electrons. The van der Waals surface area contributed by atoms with Crippen LogP contribution in [0.4, 0.5) is 0 Å². The summed E-state index contributed by atoms with van der Waals surface area (Å²) in [5.74, 6) is 0.124. The molecule has 0 aliphatic carbocycles. The van der Waals surface area contributed by atoms with E-state index < -0.39 is 0 Å². The van der Waals surface area contributed by atoms with Gasteiger partial charge in [-0.2, -0.15) is 0 Å². The average Bonchev–Trinajstić information content (AvgIpc) is 3.51. The molecule has 7 nitrogen and oxygen atoms in total. The third kappa shape index (κ3) is 3.63. The third-order valence-electron chi connectivity index (χ3n) is 5.50. The summed E-state index contributed by atoms with van der Waals surface area (Å²) in [4.78, 5) is 34.0. The van der Waals surface area contributed by atoms with Gasteiger partial charge in [0.1, 0.15) is 11.4 Å². The first kappa shape index (κ1) is 18.9. The van der Waals surface area contributed by atoms with Gasteiger partial charge >= 0.3 is 0 Å². The standard InChI is InChI=1S/C20H21N3O4S2/c24-16(22-5-1-3-13(9-22)20-26-6-7-27-20)10-23-12-21-18-17(19(23)25)14(11-29-18)15-4-2-8-28-15/h2,4,8,11-13,20H,1,3,5-7,9-10H2. The lowest BCUT2D eigenvalue weighted by Crippen LogP contribution is -2.45. The molecule has 2 aliphatic heterocycles. The molecular formula is C20H21N3O4S2. The highest BCUT2D eigenvalue weighted by Crippen LogP contribution is 2.33. The fourth-order valence-electron chi connectivity index (χ4n) is 4.05. The van der Waals surface area contributed by atoms with Crippen LogP contribution < -0.4 is 5.56 Å². The summed E-state index contributed by atoms with van der Waals surface area (Å²) >= 11 is 3.05. The van der Waals surface area contributed by atoms with Gasteiger partial charge in [-0.15, -0.1) is 22.7 Å². The summed E-state index contributed by atoms with van der Waals surface area (Å²) in [6, 6.07) is 3.96. The molecule has 9 heteroatoms. The van der Waals surface area contributed by atoms with Gasteiger partial charge in [0, 0.05) is 34.8 Å². The lowest BCUT2D eigenvalue weighted by molar-refractivity contribution is -0.139. The van der Waals surface area contributed by atoms with Gasteiger partial charge in [0.15, 0.2) is 6.29 Å². The zero-order valence-electron chi connectivity index (χ0n) is 15.8. The van der Waals surface area contributed by atoms with E-state index in [0.717, 1.165) is 23.3 Å². The van der Waals surface area contributed by atoms with Crippen molar-refractivity contribution < 1.29 is 14.3 Å². The first-order valence-corrected chi connectivity index (χ1v) is 11.5. The molecule has 0 bridgehead atoms. The fraction of sp³-hybridized carbons (Fsp3) is 0.450. The molecule has 0 spiro atoms. The predicted octanol–water partition coefficient (Wildman–Crippen LogP) is 2.80. The second-order valence-corrected chi connectivity index (χ2v) is 9.14. The minimum absolute atomic E-state index is 0.000597. The second-order valence-electron chi connectivity index (χ2n) is 7.34. The number of fused-ring (bicyclic) bond motifs is 1. The summed E-state index contributed by atoms with van der Waals surface area (Å²) in [6.07, 6.45) is 3.17. The Morgan fingerprint density at radius 1 is 1.28 bits per heavy atom. The minimum Gasteiger partial charge on any atom is -0.350 e. The first-order chi connectivity index (χ1) is 14.2. The van der Waals surface area contributed by atoms with Gasteiger partial charge in [-0.3, -0.25) is 14.2 Å². The van der Waals surface area contributed by atoms with Crippen molar-refractivity contribution >= 4 is 38.8 Å². The summed E-state index contributed by atoms with van der Waals surface area (Å²) in [5.41, 5.74) is 0.733. The molecule has 2 fully saturated rings. The number of likely N-dealkylation sites (tertiary alicyclic amines) is 1. The van der Waals surface area contributed by atoms with Crippen molar-refractivity contribution in [2.75, 3.05) is 26.3 Å². The van der Waals surface area contributed by atoms with Crippen molar-refractivity contribution in [3.05, 3.63) is 39.6 Å². The van der Waals surface area contributed by atoms with Crippen LogP contribution in [0.3, 0.4) is 0 Å². The number of carbonyl (C=O) groups is 1. The predicted molar refractivity (Wildman–Crippen MR) is 112 cm³/mol. The largest absolute Gasteiger partial charge is 0.350 e. The number of aromatic nitrogens is 2. The van der Waals surface area contributed by atoms with Gasteiger partial charge in [0.05, 0.1) is 24.9 Å². The van der Waals surface area contributed by atoms with Crippen molar-refractivity contribution in [1.82, 2.24) is 14.5 Å². The smallest absolute Gasteiger partial charge is 0.263 e. The number of rotatable bonds is 4. The Labute approximate surface area is 175 Å². The van der Waals surface area contributed by atoms with E-state index in [1.54, 1.807) is 11.3 Å². The second kappa shape index (κ2) is 7.98. The Bertz CT molecular complexity index is 1070. The highest BCUT2D eigenvalue weighted by Gasteiger charge is 2.32. The maximum atomic E-state index is 13.1. The van der Waals surface area contributed by atoms with Gasteiger partial charge < -0.3 is 14.4 Å². The number of nitrogens with zero attached hydrogens (tertiary/aromatic N) is 3. The zero-order chi connectivity index (χ0) is 19.8. The quantitative estimate of drug-likeness (QED) is 0.635. The monoisotopic (exact) mass is 431 g/mol. The van der Waals surface area contributed by atoms with Crippen molar-refractivity contribution in [3.63, 3.8) is 0 Å².